The number of amides is 1. The van der Waals surface area contributed by atoms with E-state index in [1.165, 1.54) is 0 Å². The van der Waals surface area contributed by atoms with Crippen molar-refractivity contribution in [2.45, 2.75) is 26.3 Å². The summed E-state index contributed by atoms with van der Waals surface area (Å²) >= 11 is 0. The van der Waals surface area contributed by atoms with E-state index in [0.717, 1.165) is 0 Å². The molecule has 0 aliphatic rings. The Hall–Kier alpha value is -1.91. The number of hydrogen-bond donors (Lipinski definition) is 2. The summed E-state index contributed by atoms with van der Waals surface area (Å²) in [7, 11) is 0. The van der Waals surface area contributed by atoms with Gasteiger partial charge in [0.2, 0.25) is 5.91 Å². The summed E-state index contributed by atoms with van der Waals surface area (Å²) < 4.78 is 0. The summed E-state index contributed by atoms with van der Waals surface area (Å²) in [5.74, 6) is -1.50. The van der Waals surface area contributed by atoms with Crippen LogP contribution in [0.15, 0.2) is 24.4 Å². The molecule has 5 heteroatoms. The van der Waals surface area contributed by atoms with Crippen LogP contribution in [0.3, 0.4) is 0 Å². The molecule has 0 saturated carbocycles. The lowest BCUT2D eigenvalue weighted by Crippen LogP contribution is -2.44. The standard InChI is InChI=1S/C12H16N2O3/c1-8(2)11(12(16)17)14-10(15)7-9-5-3-4-6-13-9/h3-6,8,11H,7H2,1-2H3,(H,14,15)(H,16,17)/t11-/m1/s1. The molecule has 1 heterocycles. The predicted octanol–water partition coefficient (Wildman–Crippen LogP) is 0.849. The number of carbonyl (C=O) groups excluding carboxylic acids is 1. The van der Waals surface area contributed by atoms with Gasteiger partial charge in [-0.2, -0.15) is 0 Å². The molecule has 0 spiro atoms. The number of aromatic nitrogens is 1. The van der Waals surface area contributed by atoms with E-state index in [4.69, 9.17) is 5.11 Å². The molecule has 1 rings (SSSR count). The Labute approximate surface area is 99.9 Å². The number of hydrogen-bond acceptors (Lipinski definition) is 3. The van der Waals surface area contributed by atoms with Crippen LogP contribution in [0.25, 0.3) is 0 Å². The molecule has 0 fully saturated rings. The maximum absolute atomic E-state index is 11.6. The number of carboxylic acid groups (broad SMARTS) is 1. The topological polar surface area (TPSA) is 79.3 Å². The van der Waals surface area contributed by atoms with E-state index in [-0.39, 0.29) is 18.2 Å². The normalized spacial score (nSPS) is 12.2. The highest BCUT2D eigenvalue weighted by Crippen LogP contribution is 2.02. The van der Waals surface area contributed by atoms with E-state index >= 15 is 0 Å². The lowest BCUT2D eigenvalue weighted by Gasteiger charge is -2.17. The maximum atomic E-state index is 11.6. The lowest BCUT2D eigenvalue weighted by atomic mass is 10.0. The summed E-state index contributed by atoms with van der Waals surface area (Å²) in [5, 5.41) is 11.4. The molecule has 5 nitrogen and oxygen atoms in total. The number of carbonyl (C=O) groups is 2. The molecule has 92 valence electrons. The average Bonchev–Trinajstić information content (AvgIpc) is 2.26. The van der Waals surface area contributed by atoms with Gasteiger partial charge in [-0.15, -0.1) is 0 Å². The number of aliphatic carboxylic acids is 1. The van der Waals surface area contributed by atoms with Crippen molar-refractivity contribution in [1.82, 2.24) is 10.3 Å². The zero-order valence-electron chi connectivity index (χ0n) is 9.88. The zero-order valence-corrected chi connectivity index (χ0v) is 9.88. The average molecular weight is 236 g/mol. The second-order valence-electron chi connectivity index (χ2n) is 4.13. The van der Waals surface area contributed by atoms with Crippen LogP contribution < -0.4 is 5.32 Å². The molecule has 0 aliphatic carbocycles. The first-order chi connectivity index (χ1) is 8.00. The summed E-state index contributed by atoms with van der Waals surface area (Å²) in [6, 6.07) is 4.42. The summed E-state index contributed by atoms with van der Waals surface area (Å²) in [6.07, 6.45) is 1.69. The fourth-order valence-corrected chi connectivity index (χ4v) is 1.41. The van der Waals surface area contributed by atoms with Crippen molar-refractivity contribution in [3.05, 3.63) is 30.1 Å². The van der Waals surface area contributed by atoms with Gasteiger partial charge >= 0.3 is 5.97 Å². The van der Waals surface area contributed by atoms with Crippen LogP contribution in [0.1, 0.15) is 19.5 Å². The molecule has 0 unspecified atom stereocenters. The number of rotatable bonds is 5. The van der Waals surface area contributed by atoms with Gasteiger partial charge < -0.3 is 10.4 Å². The Morgan fingerprint density at radius 3 is 2.59 bits per heavy atom. The van der Waals surface area contributed by atoms with E-state index in [0.29, 0.717) is 5.69 Å². The molecule has 1 aromatic rings. The molecule has 17 heavy (non-hydrogen) atoms. The van der Waals surface area contributed by atoms with Gasteiger partial charge in [0.15, 0.2) is 0 Å². The first-order valence-corrected chi connectivity index (χ1v) is 5.42. The molecule has 1 amide bonds. The van der Waals surface area contributed by atoms with Crippen molar-refractivity contribution in [1.29, 1.82) is 0 Å². The Kier molecular flexibility index (Phi) is 4.63. The first-order valence-electron chi connectivity index (χ1n) is 5.42. The number of pyridine rings is 1. The molecule has 1 aromatic heterocycles. The van der Waals surface area contributed by atoms with Gasteiger partial charge in [-0.1, -0.05) is 19.9 Å². The Morgan fingerprint density at radius 2 is 2.12 bits per heavy atom. The smallest absolute Gasteiger partial charge is 0.326 e. The molecule has 0 saturated heterocycles. The molecule has 0 aliphatic heterocycles. The highest BCUT2D eigenvalue weighted by molar-refractivity contribution is 5.84. The number of carboxylic acids is 1. The first kappa shape index (κ1) is 13.2. The van der Waals surface area contributed by atoms with Crippen molar-refractivity contribution in [3.8, 4) is 0 Å². The van der Waals surface area contributed by atoms with E-state index in [1.54, 1.807) is 38.2 Å². The molecule has 0 bridgehead atoms. The van der Waals surface area contributed by atoms with Crippen LogP contribution in [0, 0.1) is 5.92 Å². The summed E-state index contributed by atoms with van der Waals surface area (Å²) in [4.78, 5) is 26.5. The Morgan fingerprint density at radius 1 is 1.41 bits per heavy atom. The van der Waals surface area contributed by atoms with Gasteiger partial charge in [-0.05, 0) is 18.1 Å². The van der Waals surface area contributed by atoms with Crippen molar-refractivity contribution < 1.29 is 14.7 Å². The van der Waals surface area contributed by atoms with Crippen molar-refractivity contribution in [3.63, 3.8) is 0 Å². The van der Waals surface area contributed by atoms with Crippen molar-refractivity contribution in [2.24, 2.45) is 5.92 Å². The van der Waals surface area contributed by atoms with Crippen LogP contribution in [-0.4, -0.2) is 28.0 Å². The minimum atomic E-state index is -1.02. The second-order valence-corrected chi connectivity index (χ2v) is 4.13. The largest absolute Gasteiger partial charge is 0.480 e. The third kappa shape index (κ3) is 4.22. The molecular formula is C12H16N2O3. The van der Waals surface area contributed by atoms with Crippen LogP contribution in [-0.2, 0) is 16.0 Å². The summed E-state index contributed by atoms with van der Waals surface area (Å²) in [6.45, 7) is 3.50. The zero-order chi connectivity index (χ0) is 12.8. The highest BCUT2D eigenvalue weighted by Gasteiger charge is 2.23. The van der Waals surface area contributed by atoms with Gasteiger partial charge in [0, 0.05) is 11.9 Å². The molecule has 0 radical (unpaired) electrons. The van der Waals surface area contributed by atoms with Crippen molar-refractivity contribution >= 4 is 11.9 Å². The van der Waals surface area contributed by atoms with Gasteiger partial charge in [0.25, 0.3) is 0 Å². The third-order valence-electron chi connectivity index (χ3n) is 2.32. The van der Waals surface area contributed by atoms with Crippen molar-refractivity contribution in [2.75, 3.05) is 0 Å². The molecular weight excluding hydrogens is 220 g/mol. The van der Waals surface area contributed by atoms with Gasteiger partial charge in [-0.3, -0.25) is 9.78 Å². The molecule has 2 N–H and O–H groups in total. The van der Waals surface area contributed by atoms with Crippen LogP contribution in [0.2, 0.25) is 0 Å². The third-order valence-corrected chi connectivity index (χ3v) is 2.32. The monoisotopic (exact) mass is 236 g/mol. The van der Waals surface area contributed by atoms with Gasteiger partial charge in [0.05, 0.1) is 6.42 Å². The molecule has 0 aromatic carbocycles. The second kappa shape index (κ2) is 5.98. The predicted molar refractivity (Wildman–Crippen MR) is 62.3 cm³/mol. The number of nitrogens with zero attached hydrogens (tertiary/aromatic N) is 1. The van der Waals surface area contributed by atoms with Crippen LogP contribution >= 0.6 is 0 Å². The minimum Gasteiger partial charge on any atom is -0.480 e. The maximum Gasteiger partial charge on any atom is 0.326 e. The highest BCUT2D eigenvalue weighted by atomic mass is 16.4. The quantitative estimate of drug-likeness (QED) is 0.794. The SMILES string of the molecule is CC(C)[C@@H](NC(=O)Cc1ccccn1)C(=O)O. The minimum absolute atomic E-state index is 0.0946. The fraction of sp³-hybridized carbons (Fsp3) is 0.417. The van der Waals surface area contributed by atoms with E-state index < -0.39 is 12.0 Å². The van der Waals surface area contributed by atoms with E-state index in [9.17, 15) is 9.59 Å². The van der Waals surface area contributed by atoms with Gasteiger partial charge in [-0.25, -0.2) is 4.79 Å². The lowest BCUT2D eigenvalue weighted by molar-refractivity contribution is -0.143. The van der Waals surface area contributed by atoms with Crippen LogP contribution in [0.4, 0.5) is 0 Å². The van der Waals surface area contributed by atoms with Crippen LogP contribution in [0.5, 0.6) is 0 Å². The van der Waals surface area contributed by atoms with E-state index in [2.05, 4.69) is 10.3 Å². The van der Waals surface area contributed by atoms with Gasteiger partial charge in [0.1, 0.15) is 6.04 Å². The Bertz CT molecular complexity index is 390. The number of nitrogens with one attached hydrogen (secondary N) is 1. The molecule has 1 atom stereocenters. The Balaban J connectivity index is 2.57. The fourth-order valence-electron chi connectivity index (χ4n) is 1.41. The summed E-state index contributed by atoms with van der Waals surface area (Å²) in [5.41, 5.74) is 0.623. The van der Waals surface area contributed by atoms with E-state index in [1.807, 2.05) is 0 Å².